The van der Waals surface area contributed by atoms with E-state index < -0.39 is 11.7 Å². The molecular weight excluding hydrogens is 253 g/mol. The Balaban J connectivity index is 2.28. The second-order valence-electron chi connectivity index (χ2n) is 4.06. The van der Waals surface area contributed by atoms with E-state index in [2.05, 4.69) is 10.3 Å². The number of nitrogens with one attached hydrogen (secondary N) is 1. The molecule has 1 N–H and O–H groups in total. The lowest BCUT2D eigenvalue weighted by atomic mass is 10.1. The highest BCUT2D eigenvalue weighted by Gasteiger charge is 2.33. The molecule has 2 nitrogen and oxygen atoms in total. The van der Waals surface area contributed by atoms with Gasteiger partial charge in [-0.15, -0.1) is 0 Å². The highest BCUT2D eigenvalue weighted by Crippen LogP contribution is 2.35. The summed E-state index contributed by atoms with van der Waals surface area (Å²) in [7, 11) is 0. The van der Waals surface area contributed by atoms with Gasteiger partial charge in [0.2, 0.25) is 0 Å². The molecule has 0 bridgehead atoms. The van der Waals surface area contributed by atoms with Crippen molar-refractivity contribution in [2.24, 2.45) is 0 Å². The molecule has 0 fully saturated rings. The summed E-state index contributed by atoms with van der Waals surface area (Å²) in [6.07, 6.45) is -2.05. The maximum atomic E-state index is 12.8. The van der Waals surface area contributed by atoms with Crippen LogP contribution in [0.25, 0.3) is 0 Å². The molecule has 0 atom stereocenters. The number of hydrogen-bond acceptors (Lipinski definition) is 2. The summed E-state index contributed by atoms with van der Waals surface area (Å²) in [6.45, 7) is 1.97. The third-order valence-electron chi connectivity index (χ3n) is 2.70. The molecule has 100 valence electrons. The maximum Gasteiger partial charge on any atom is 0.418 e. The van der Waals surface area contributed by atoms with Crippen LogP contribution in [-0.4, -0.2) is 4.98 Å². The Morgan fingerprint density at radius 2 is 1.84 bits per heavy atom. The lowest BCUT2D eigenvalue weighted by Crippen LogP contribution is -2.08. The number of pyridine rings is 1. The van der Waals surface area contributed by atoms with E-state index in [1.807, 2.05) is 6.92 Å². The highest BCUT2D eigenvalue weighted by molar-refractivity contribution is 5.63. The lowest BCUT2D eigenvalue weighted by molar-refractivity contribution is -0.136. The van der Waals surface area contributed by atoms with Crippen molar-refractivity contribution in [3.8, 4) is 0 Å². The van der Waals surface area contributed by atoms with Crippen molar-refractivity contribution in [3.05, 3.63) is 53.9 Å². The first-order valence-electron chi connectivity index (χ1n) is 5.89. The quantitative estimate of drug-likeness (QED) is 0.890. The third kappa shape index (κ3) is 3.24. The number of aromatic nitrogens is 1. The van der Waals surface area contributed by atoms with Crippen molar-refractivity contribution in [1.29, 1.82) is 0 Å². The van der Waals surface area contributed by atoms with E-state index in [1.165, 1.54) is 18.3 Å². The first-order chi connectivity index (χ1) is 9.00. The number of halogens is 3. The normalized spacial score (nSPS) is 11.4. The maximum absolute atomic E-state index is 12.8. The third-order valence-corrected chi connectivity index (χ3v) is 2.70. The topological polar surface area (TPSA) is 24.9 Å². The number of aryl methyl sites for hydroxylation is 1. The van der Waals surface area contributed by atoms with Crippen LogP contribution in [0.1, 0.15) is 18.2 Å². The van der Waals surface area contributed by atoms with E-state index in [4.69, 9.17) is 0 Å². The number of rotatable bonds is 3. The van der Waals surface area contributed by atoms with Crippen LogP contribution >= 0.6 is 0 Å². The molecule has 5 heteroatoms. The second-order valence-corrected chi connectivity index (χ2v) is 4.06. The molecule has 0 saturated heterocycles. The van der Waals surface area contributed by atoms with Crippen LogP contribution < -0.4 is 5.32 Å². The summed E-state index contributed by atoms with van der Waals surface area (Å²) in [4.78, 5) is 4.14. The van der Waals surface area contributed by atoms with Crippen LogP contribution in [-0.2, 0) is 12.6 Å². The fourth-order valence-corrected chi connectivity index (χ4v) is 1.70. The first kappa shape index (κ1) is 13.4. The Morgan fingerprint density at radius 1 is 1.11 bits per heavy atom. The summed E-state index contributed by atoms with van der Waals surface area (Å²) in [5.74, 6) is 0. The van der Waals surface area contributed by atoms with Gasteiger partial charge in [0.05, 0.1) is 23.1 Å². The molecule has 1 aromatic carbocycles. The molecule has 0 unspecified atom stereocenters. The average molecular weight is 266 g/mol. The standard InChI is InChI=1S/C14H13F3N2/c1-2-10-7-8-11(9-18-10)19-13-6-4-3-5-12(13)14(15,16)17/h3-9,19H,2H2,1H3. The largest absolute Gasteiger partial charge is 0.418 e. The highest BCUT2D eigenvalue weighted by atomic mass is 19.4. The predicted octanol–water partition coefficient (Wildman–Crippen LogP) is 4.41. The lowest BCUT2D eigenvalue weighted by Gasteiger charge is -2.14. The number of anilines is 2. The zero-order chi connectivity index (χ0) is 13.9. The molecule has 0 aliphatic heterocycles. The van der Waals surface area contributed by atoms with E-state index in [0.29, 0.717) is 5.69 Å². The van der Waals surface area contributed by atoms with E-state index in [-0.39, 0.29) is 5.69 Å². The Morgan fingerprint density at radius 3 is 2.42 bits per heavy atom. The van der Waals surface area contributed by atoms with E-state index >= 15 is 0 Å². The van der Waals surface area contributed by atoms with Crippen molar-refractivity contribution in [3.63, 3.8) is 0 Å². The summed E-state index contributed by atoms with van der Waals surface area (Å²) >= 11 is 0. The number of alkyl halides is 3. The predicted molar refractivity (Wildman–Crippen MR) is 68.3 cm³/mol. The van der Waals surface area contributed by atoms with Crippen LogP contribution in [0.3, 0.4) is 0 Å². The van der Waals surface area contributed by atoms with Crippen LogP contribution in [0, 0.1) is 0 Å². The van der Waals surface area contributed by atoms with Crippen LogP contribution in [0.4, 0.5) is 24.5 Å². The van der Waals surface area contributed by atoms with Gasteiger partial charge >= 0.3 is 6.18 Å². The summed E-state index contributed by atoms with van der Waals surface area (Å²) in [5.41, 5.74) is 0.777. The van der Waals surface area contributed by atoms with Gasteiger partial charge in [0, 0.05) is 5.69 Å². The van der Waals surface area contributed by atoms with Crippen molar-refractivity contribution < 1.29 is 13.2 Å². The van der Waals surface area contributed by atoms with Crippen LogP contribution in [0.5, 0.6) is 0 Å². The minimum Gasteiger partial charge on any atom is -0.354 e. The molecule has 2 aromatic rings. The summed E-state index contributed by atoms with van der Waals surface area (Å²) in [6, 6.07) is 8.89. The van der Waals surface area contributed by atoms with E-state index in [9.17, 15) is 13.2 Å². The molecule has 1 aromatic heterocycles. The minimum atomic E-state index is -4.37. The zero-order valence-electron chi connectivity index (χ0n) is 10.3. The van der Waals surface area contributed by atoms with Crippen molar-refractivity contribution >= 4 is 11.4 Å². The molecule has 0 spiro atoms. The van der Waals surface area contributed by atoms with E-state index in [1.54, 1.807) is 18.2 Å². The average Bonchev–Trinajstić information content (AvgIpc) is 2.39. The Hall–Kier alpha value is -2.04. The monoisotopic (exact) mass is 266 g/mol. The van der Waals surface area contributed by atoms with Gasteiger partial charge in [-0.25, -0.2) is 0 Å². The molecule has 19 heavy (non-hydrogen) atoms. The minimum absolute atomic E-state index is 0.0287. The number of hydrogen-bond donors (Lipinski definition) is 1. The van der Waals surface area contributed by atoms with Gasteiger partial charge in [-0.3, -0.25) is 4.98 Å². The van der Waals surface area contributed by atoms with Gasteiger partial charge in [0.1, 0.15) is 0 Å². The van der Waals surface area contributed by atoms with Gasteiger partial charge in [0.15, 0.2) is 0 Å². The van der Waals surface area contributed by atoms with Gasteiger partial charge in [-0.2, -0.15) is 13.2 Å². The van der Waals surface area contributed by atoms with Crippen molar-refractivity contribution in [1.82, 2.24) is 4.98 Å². The van der Waals surface area contributed by atoms with Crippen LogP contribution in [0.15, 0.2) is 42.6 Å². The van der Waals surface area contributed by atoms with Gasteiger partial charge in [-0.05, 0) is 30.7 Å². The number of benzene rings is 1. The van der Waals surface area contributed by atoms with E-state index in [0.717, 1.165) is 18.2 Å². The van der Waals surface area contributed by atoms with Gasteiger partial charge in [0.25, 0.3) is 0 Å². The second kappa shape index (κ2) is 5.30. The molecule has 1 heterocycles. The van der Waals surface area contributed by atoms with Crippen LogP contribution in [0.2, 0.25) is 0 Å². The zero-order valence-corrected chi connectivity index (χ0v) is 10.3. The molecule has 0 aliphatic carbocycles. The SMILES string of the molecule is CCc1ccc(Nc2ccccc2C(F)(F)F)cn1. The fraction of sp³-hybridized carbons (Fsp3) is 0.214. The van der Waals surface area contributed by atoms with Crippen molar-refractivity contribution in [2.75, 3.05) is 5.32 Å². The first-order valence-corrected chi connectivity index (χ1v) is 5.89. The smallest absolute Gasteiger partial charge is 0.354 e. The molecule has 0 radical (unpaired) electrons. The number of para-hydroxylation sites is 1. The fourth-order valence-electron chi connectivity index (χ4n) is 1.70. The molecule has 0 aliphatic rings. The summed E-state index contributed by atoms with van der Waals surface area (Å²) < 4.78 is 38.4. The summed E-state index contributed by atoms with van der Waals surface area (Å²) in [5, 5.41) is 2.75. The molecule has 0 amide bonds. The van der Waals surface area contributed by atoms with Gasteiger partial charge < -0.3 is 5.32 Å². The Labute approximate surface area is 109 Å². The van der Waals surface area contributed by atoms with Gasteiger partial charge in [-0.1, -0.05) is 19.1 Å². The molecular formula is C14H13F3N2. The molecule has 2 rings (SSSR count). The Bertz CT molecular complexity index is 547. The number of nitrogens with zero attached hydrogens (tertiary/aromatic N) is 1. The molecule has 0 saturated carbocycles. The van der Waals surface area contributed by atoms with Crippen molar-refractivity contribution in [2.45, 2.75) is 19.5 Å². The Kier molecular flexibility index (Phi) is 3.74.